The Morgan fingerprint density at radius 3 is 2.75 bits per heavy atom. The van der Waals surface area contributed by atoms with Crippen molar-refractivity contribution in [3.63, 3.8) is 0 Å². The summed E-state index contributed by atoms with van der Waals surface area (Å²) >= 11 is 0. The topological polar surface area (TPSA) is 61.5 Å². The molecule has 0 bridgehead atoms. The van der Waals surface area contributed by atoms with Crippen molar-refractivity contribution in [3.8, 4) is 11.4 Å². The highest BCUT2D eigenvalue weighted by Gasteiger charge is 1.97. The number of aromatic nitrogens is 3. The number of H-pyrrole nitrogens is 2. The number of aromatic amines is 2. The number of hydrogen-bond acceptors (Lipinski definition) is 2. The van der Waals surface area contributed by atoms with Crippen LogP contribution in [0, 0.1) is 0 Å². The summed E-state index contributed by atoms with van der Waals surface area (Å²) in [5.41, 5.74) is 0.768. The van der Waals surface area contributed by atoms with Gasteiger partial charge in [0.15, 0.2) is 0 Å². The van der Waals surface area contributed by atoms with Crippen LogP contribution in [0.2, 0.25) is 0 Å². The monoisotopic (exact) mass is 161 g/mol. The highest BCUT2D eigenvalue weighted by molar-refractivity contribution is 5.52. The molecule has 60 valence electrons. The van der Waals surface area contributed by atoms with E-state index in [1.54, 1.807) is 24.7 Å². The quantitative estimate of drug-likeness (QED) is 0.648. The van der Waals surface area contributed by atoms with Crippen LogP contribution in [0.15, 0.2) is 35.5 Å². The molecule has 0 amide bonds. The summed E-state index contributed by atoms with van der Waals surface area (Å²) in [6, 6.07) is 3.19. The number of rotatable bonds is 1. The van der Waals surface area contributed by atoms with Crippen LogP contribution in [0.3, 0.4) is 0 Å². The van der Waals surface area contributed by atoms with E-state index >= 15 is 0 Å². The van der Waals surface area contributed by atoms with Crippen molar-refractivity contribution in [1.82, 2.24) is 15.0 Å². The fourth-order valence-corrected chi connectivity index (χ4v) is 0.981. The lowest BCUT2D eigenvalue weighted by Gasteiger charge is -1.92. The second kappa shape index (κ2) is 2.65. The third kappa shape index (κ3) is 1.14. The van der Waals surface area contributed by atoms with E-state index in [0.717, 1.165) is 11.4 Å². The Labute approximate surface area is 68.3 Å². The molecule has 2 aromatic heterocycles. The zero-order chi connectivity index (χ0) is 8.39. The molecule has 0 atom stereocenters. The first-order valence-corrected chi connectivity index (χ1v) is 3.55. The molecule has 0 aliphatic rings. The number of imidazole rings is 1. The third-order valence-electron chi connectivity index (χ3n) is 1.56. The van der Waals surface area contributed by atoms with Crippen LogP contribution in [-0.2, 0) is 0 Å². The lowest BCUT2D eigenvalue weighted by Crippen LogP contribution is -2.01. The van der Waals surface area contributed by atoms with Gasteiger partial charge in [0.1, 0.15) is 5.82 Å². The minimum Gasteiger partial charge on any atom is -0.345 e. The van der Waals surface area contributed by atoms with Crippen LogP contribution in [0.5, 0.6) is 0 Å². The molecule has 0 radical (unpaired) electrons. The Bertz CT molecular complexity index is 396. The maximum absolute atomic E-state index is 10.7. The molecule has 0 aromatic carbocycles. The first kappa shape index (κ1) is 6.84. The summed E-state index contributed by atoms with van der Waals surface area (Å²) in [6.07, 6.45) is 5.03. The average Bonchev–Trinajstić information content (AvgIpc) is 2.58. The minimum absolute atomic E-state index is 0.106. The fourth-order valence-electron chi connectivity index (χ4n) is 0.981. The molecule has 4 heteroatoms. The summed E-state index contributed by atoms with van der Waals surface area (Å²) in [7, 11) is 0. The van der Waals surface area contributed by atoms with Gasteiger partial charge in [0.05, 0.1) is 0 Å². The van der Waals surface area contributed by atoms with Crippen molar-refractivity contribution in [2.24, 2.45) is 0 Å². The first-order chi connectivity index (χ1) is 5.86. The zero-order valence-electron chi connectivity index (χ0n) is 6.24. The van der Waals surface area contributed by atoms with Crippen molar-refractivity contribution in [2.45, 2.75) is 0 Å². The average molecular weight is 161 g/mol. The van der Waals surface area contributed by atoms with Crippen molar-refractivity contribution in [3.05, 3.63) is 41.1 Å². The van der Waals surface area contributed by atoms with Gasteiger partial charge in [0.25, 0.3) is 0 Å². The Kier molecular flexibility index (Phi) is 1.51. The van der Waals surface area contributed by atoms with Crippen LogP contribution < -0.4 is 5.56 Å². The minimum atomic E-state index is -0.106. The number of nitrogens with zero attached hydrogens (tertiary/aromatic N) is 1. The lowest BCUT2D eigenvalue weighted by atomic mass is 10.3. The molecule has 12 heavy (non-hydrogen) atoms. The summed E-state index contributed by atoms with van der Waals surface area (Å²) in [4.78, 5) is 20.3. The Morgan fingerprint density at radius 2 is 2.17 bits per heavy atom. The number of hydrogen-bond donors (Lipinski definition) is 2. The molecule has 2 rings (SSSR count). The largest absolute Gasteiger partial charge is 0.345 e. The van der Waals surface area contributed by atoms with Gasteiger partial charge >= 0.3 is 0 Å². The molecule has 0 spiro atoms. The van der Waals surface area contributed by atoms with Gasteiger partial charge in [-0.05, 0) is 6.07 Å². The third-order valence-corrected chi connectivity index (χ3v) is 1.56. The van der Waals surface area contributed by atoms with Crippen LogP contribution in [-0.4, -0.2) is 15.0 Å². The normalized spacial score (nSPS) is 10.0. The Morgan fingerprint density at radius 1 is 1.25 bits per heavy atom. The molecule has 0 fully saturated rings. The van der Waals surface area contributed by atoms with Gasteiger partial charge in [-0.3, -0.25) is 4.79 Å². The van der Waals surface area contributed by atoms with Crippen LogP contribution in [0.4, 0.5) is 0 Å². The smallest absolute Gasteiger partial charge is 0.247 e. The fraction of sp³-hybridized carbons (Fsp3) is 0. The molecule has 2 heterocycles. The summed E-state index contributed by atoms with van der Waals surface area (Å²) in [5.74, 6) is 0.756. The summed E-state index contributed by atoms with van der Waals surface area (Å²) in [5, 5.41) is 0. The molecule has 0 aliphatic carbocycles. The Hall–Kier alpha value is -1.84. The van der Waals surface area contributed by atoms with Gasteiger partial charge in [0, 0.05) is 30.2 Å². The van der Waals surface area contributed by atoms with E-state index in [1.807, 2.05) is 0 Å². The van der Waals surface area contributed by atoms with Crippen LogP contribution >= 0.6 is 0 Å². The van der Waals surface area contributed by atoms with E-state index in [1.165, 1.54) is 6.07 Å². The van der Waals surface area contributed by atoms with E-state index in [-0.39, 0.29) is 5.56 Å². The second-order valence-electron chi connectivity index (χ2n) is 2.38. The molecule has 0 unspecified atom stereocenters. The lowest BCUT2D eigenvalue weighted by molar-refractivity contribution is 1.21. The maximum Gasteiger partial charge on any atom is 0.247 e. The van der Waals surface area contributed by atoms with Gasteiger partial charge in [-0.1, -0.05) is 0 Å². The van der Waals surface area contributed by atoms with E-state index in [4.69, 9.17) is 0 Å². The predicted molar refractivity (Wildman–Crippen MR) is 44.6 cm³/mol. The highest BCUT2D eigenvalue weighted by Crippen LogP contribution is 2.09. The van der Waals surface area contributed by atoms with Crippen molar-refractivity contribution in [2.75, 3.05) is 0 Å². The van der Waals surface area contributed by atoms with Gasteiger partial charge in [0.2, 0.25) is 5.56 Å². The molecule has 0 saturated carbocycles. The highest BCUT2D eigenvalue weighted by atomic mass is 16.1. The Balaban J connectivity index is 2.49. The molecule has 2 aromatic rings. The van der Waals surface area contributed by atoms with Gasteiger partial charge in [-0.15, -0.1) is 0 Å². The maximum atomic E-state index is 10.7. The first-order valence-electron chi connectivity index (χ1n) is 3.55. The molecule has 0 saturated heterocycles. The van der Waals surface area contributed by atoms with Crippen molar-refractivity contribution < 1.29 is 0 Å². The molecule has 2 N–H and O–H groups in total. The molecule has 4 nitrogen and oxygen atoms in total. The predicted octanol–water partition coefficient (Wildman–Crippen LogP) is 0.765. The van der Waals surface area contributed by atoms with Crippen LogP contribution in [0.25, 0.3) is 11.4 Å². The zero-order valence-corrected chi connectivity index (χ0v) is 6.24. The van der Waals surface area contributed by atoms with Gasteiger partial charge in [-0.25, -0.2) is 4.98 Å². The second-order valence-corrected chi connectivity index (χ2v) is 2.38. The molecular formula is C8H7N3O. The molecule has 0 aliphatic heterocycles. The summed E-state index contributed by atoms with van der Waals surface area (Å²) < 4.78 is 0. The van der Waals surface area contributed by atoms with Gasteiger partial charge in [-0.2, -0.15) is 0 Å². The SMILES string of the molecule is O=c1ccc(-c2ncc[nH]2)c[nH]1. The van der Waals surface area contributed by atoms with E-state index in [0.29, 0.717) is 0 Å². The summed E-state index contributed by atoms with van der Waals surface area (Å²) in [6.45, 7) is 0. The van der Waals surface area contributed by atoms with Crippen LogP contribution in [0.1, 0.15) is 0 Å². The van der Waals surface area contributed by atoms with E-state index < -0.39 is 0 Å². The van der Waals surface area contributed by atoms with Gasteiger partial charge < -0.3 is 9.97 Å². The van der Waals surface area contributed by atoms with E-state index in [9.17, 15) is 4.79 Å². The van der Waals surface area contributed by atoms with Crippen molar-refractivity contribution in [1.29, 1.82) is 0 Å². The molecular weight excluding hydrogens is 154 g/mol. The standard InChI is InChI=1S/C8H7N3O/c12-7-2-1-6(5-11-7)8-9-3-4-10-8/h1-5H,(H,9,10)(H,11,12). The van der Waals surface area contributed by atoms with Crippen molar-refractivity contribution >= 4 is 0 Å². The van der Waals surface area contributed by atoms with E-state index in [2.05, 4.69) is 15.0 Å². The number of nitrogens with one attached hydrogen (secondary N) is 2. The number of pyridine rings is 1.